The Balaban J connectivity index is 4.16. The van der Waals surface area contributed by atoms with Crippen LogP contribution in [0.4, 0.5) is 0 Å². The fraction of sp³-hybridized carbons (Fsp3) is 0.909. The van der Waals surface area contributed by atoms with E-state index in [1.165, 1.54) is 0 Å². The lowest BCUT2D eigenvalue weighted by Gasteiger charge is -2.28. The van der Waals surface area contributed by atoms with E-state index in [1.807, 2.05) is 20.8 Å². The van der Waals surface area contributed by atoms with Gasteiger partial charge in [-0.1, -0.05) is 0 Å². The maximum atomic E-state index is 5.73. The summed E-state index contributed by atoms with van der Waals surface area (Å²) in [6, 6.07) is 0.745. The van der Waals surface area contributed by atoms with Crippen molar-refractivity contribution in [1.82, 2.24) is 5.32 Å². The van der Waals surface area contributed by atoms with Crippen LogP contribution in [0.3, 0.4) is 0 Å². The third-order valence-electron chi connectivity index (χ3n) is 2.16. The van der Waals surface area contributed by atoms with Crippen molar-refractivity contribution in [2.45, 2.75) is 33.2 Å². The van der Waals surface area contributed by atoms with Crippen molar-refractivity contribution in [2.24, 2.45) is 0 Å². The molecule has 7 heteroatoms. The Morgan fingerprint density at radius 2 is 1.56 bits per heavy atom. The summed E-state index contributed by atoms with van der Waals surface area (Å²) in [6.07, 6.45) is 0.800. The lowest BCUT2D eigenvalue weighted by Crippen LogP contribution is -2.46. The molecule has 0 aromatic carbocycles. The van der Waals surface area contributed by atoms with Crippen molar-refractivity contribution in [1.29, 1.82) is 0 Å². The predicted molar refractivity (Wildman–Crippen MR) is 77.7 cm³/mol. The topological polar surface area (TPSA) is 49.0 Å². The minimum Gasteiger partial charge on any atom is -0.471 e. The zero-order valence-electron chi connectivity index (χ0n) is 11.8. The van der Waals surface area contributed by atoms with Gasteiger partial charge in [0.05, 0.1) is 6.61 Å². The Hall–Kier alpha value is -0.213. The Bertz CT molecular complexity index is 214. The van der Waals surface area contributed by atoms with Crippen LogP contribution in [0.25, 0.3) is 0 Å². The number of hydrogen-bond donors (Lipinski definition) is 1. The van der Waals surface area contributed by atoms with Gasteiger partial charge in [-0.2, -0.15) is 0 Å². The van der Waals surface area contributed by atoms with Crippen molar-refractivity contribution in [3.05, 3.63) is 0 Å². The number of nitrogens with one attached hydrogen (secondary N) is 1. The molecule has 0 heterocycles. The third-order valence-corrected chi connectivity index (χ3v) is 5.63. The first-order chi connectivity index (χ1) is 8.64. The lowest BCUT2D eigenvalue weighted by atomic mass is 10.5. The average Bonchev–Trinajstić information content (AvgIpc) is 2.35. The number of rotatable bonds is 10. The molecule has 0 spiro atoms. The molecule has 0 saturated heterocycles. The van der Waals surface area contributed by atoms with Gasteiger partial charge in [-0.25, -0.2) is 0 Å². The standard InChI is InChI=1S/C11H25NO4SSi/c1-5-14-18(15-6-2,16-7-3)10-8-9-13-11(17)12-4/h5-10H2,1-4H3,(H,12,17). The molecule has 0 saturated carbocycles. The van der Waals surface area contributed by atoms with E-state index in [0.717, 1.165) is 12.5 Å². The summed E-state index contributed by atoms with van der Waals surface area (Å²) in [4.78, 5) is 0. The van der Waals surface area contributed by atoms with Crippen LogP contribution in [0.2, 0.25) is 6.04 Å². The monoisotopic (exact) mass is 295 g/mol. The van der Waals surface area contributed by atoms with Crippen LogP contribution in [0.1, 0.15) is 27.2 Å². The highest BCUT2D eigenvalue weighted by molar-refractivity contribution is 7.80. The summed E-state index contributed by atoms with van der Waals surface area (Å²) in [5.41, 5.74) is 0. The van der Waals surface area contributed by atoms with Crippen LogP contribution >= 0.6 is 12.2 Å². The normalized spacial score (nSPS) is 11.3. The van der Waals surface area contributed by atoms with Crippen molar-refractivity contribution < 1.29 is 18.0 Å². The molecule has 0 rings (SSSR count). The largest absolute Gasteiger partial charge is 0.501 e. The van der Waals surface area contributed by atoms with Crippen LogP contribution in [0.15, 0.2) is 0 Å². The fourth-order valence-corrected chi connectivity index (χ4v) is 4.19. The van der Waals surface area contributed by atoms with E-state index >= 15 is 0 Å². The molecule has 0 aliphatic carbocycles. The van der Waals surface area contributed by atoms with Gasteiger partial charge in [0, 0.05) is 32.9 Å². The van der Waals surface area contributed by atoms with Gasteiger partial charge in [0.1, 0.15) is 0 Å². The molecule has 1 N–H and O–H groups in total. The minimum atomic E-state index is -2.52. The smallest absolute Gasteiger partial charge is 0.471 e. The van der Waals surface area contributed by atoms with Gasteiger partial charge in [-0.15, -0.1) is 0 Å². The van der Waals surface area contributed by atoms with E-state index in [2.05, 4.69) is 5.32 Å². The van der Waals surface area contributed by atoms with Gasteiger partial charge in [0.2, 0.25) is 0 Å². The molecule has 0 atom stereocenters. The zero-order valence-corrected chi connectivity index (χ0v) is 13.6. The molecule has 0 radical (unpaired) electrons. The highest BCUT2D eigenvalue weighted by atomic mass is 32.1. The van der Waals surface area contributed by atoms with Gasteiger partial charge in [0.25, 0.3) is 5.17 Å². The lowest BCUT2D eigenvalue weighted by molar-refractivity contribution is 0.0695. The molecule has 0 fully saturated rings. The molecule has 0 aromatic heterocycles. The van der Waals surface area contributed by atoms with Gasteiger partial charge < -0.3 is 23.3 Å². The molecule has 0 aliphatic rings. The van der Waals surface area contributed by atoms with Gasteiger partial charge >= 0.3 is 8.80 Å². The SMILES string of the molecule is CCO[Si](CCCOC(=S)NC)(OCC)OCC. The Labute approximate surface area is 117 Å². The maximum absolute atomic E-state index is 5.73. The molecule has 5 nitrogen and oxygen atoms in total. The second kappa shape index (κ2) is 10.7. The number of hydrogen-bond acceptors (Lipinski definition) is 5. The van der Waals surface area contributed by atoms with Gasteiger partial charge in [-0.05, 0) is 39.4 Å². The van der Waals surface area contributed by atoms with Crippen molar-refractivity contribution >= 4 is 26.2 Å². The Morgan fingerprint density at radius 1 is 1.06 bits per heavy atom. The van der Waals surface area contributed by atoms with E-state index in [1.54, 1.807) is 7.05 Å². The summed E-state index contributed by atoms with van der Waals surface area (Å²) in [5, 5.41) is 3.17. The maximum Gasteiger partial charge on any atom is 0.501 e. The third kappa shape index (κ3) is 7.27. The second-order valence-corrected chi connectivity index (χ2v) is 6.57. The molecule has 108 valence electrons. The first-order valence-corrected chi connectivity index (χ1v) is 8.74. The minimum absolute atomic E-state index is 0.409. The molecule has 0 unspecified atom stereocenters. The highest BCUT2D eigenvalue weighted by Crippen LogP contribution is 2.18. The van der Waals surface area contributed by atoms with Crippen molar-refractivity contribution in [2.75, 3.05) is 33.5 Å². The van der Waals surface area contributed by atoms with E-state index in [-0.39, 0.29) is 0 Å². The van der Waals surface area contributed by atoms with Crippen molar-refractivity contribution in [3.63, 3.8) is 0 Å². The number of thiocarbonyl (C=S) groups is 1. The average molecular weight is 295 g/mol. The molecule has 0 bridgehead atoms. The van der Waals surface area contributed by atoms with Crippen LogP contribution in [0, 0.1) is 0 Å². The second-order valence-electron chi connectivity index (χ2n) is 3.47. The summed E-state index contributed by atoms with van der Waals surface area (Å²) < 4.78 is 22.5. The molecular formula is C11H25NO4SSi. The van der Waals surface area contributed by atoms with E-state index < -0.39 is 8.80 Å². The van der Waals surface area contributed by atoms with Crippen LogP contribution in [-0.4, -0.2) is 47.5 Å². The molecule has 0 aromatic rings. The molecule has 0 aliphatic heterocycles. The first-order valence-electron chi connectivity index (χ1n) is 6.40. The summed E-state index contributed by atoms with van der Waals surface area (Å²) in [7, 11) is -0.783. The van der Waals surface area contributed by atoms with Crippen LogP contribution in [0.5, 0.6) is 0 Å². The van der Waals surface area contributed by atoms with Crippen LogP contribution < -0.4 is 5.32 Å². The predicted octanol–water partition coefficient (Wildman–Crippen LogP) is 1.95. The summed E-state index contributed by atoms with van der Waals surface area (Å²) >= 11 is 4.90. The Kier molecular flexibility index (Phi) is 10.6. The molecule has 0 amide bonds. The van der Waals surface area contributed by atoms with Gasteiger partial charge in [0.15, 0.2) is 0 Å². The quantitative estimate of drug-likeness (QED) is 0.378. The highest BCUT2D eigenvalue weighted by Gasteiger charge is 2.39. The van der Waals surface area contributed by atoms with E-state index in [0.29, 0.717) is 31.6 Å². The fourth-order valence-electron chi connectivity index (χ4n) is 1.53. The Morgan fingerprint density at radius 3 is 1.94 bits per heavy atom. The zero-order chi connectivity index (χ0) is 13.9. The summed E-state index contributed by atoms with van der Waals surface area (Å²) in [5.74, 6) is 0. The van der Waals surface area contributed by atoms with Gasteiger partial charge in [-0.3, -0.25) is 0 Å². The van der Waals surface area contributed by atoms with E-state index in [9.17, 15) is 0 Å². The van der Waals surface area contributed by atoms with E-state index in [4.69, 9.17) is 30.2 Å². The number of ether oxygens (including phenoxy) is 1. The first kappa shape index (κ1) is 17.8. The molecular weight excluding hydrogens is 270 g/mol. The molecule has 18 heavy (non-hydrogen) atoms. The summed E-state index contributed by atoms with van der Waals surface area (Å²) in [6.45, 7) is 8.19. The van der Waals surface area contributed by atoms with Crippen molar-refractivity contribution in [3.8, 4) is 0 Å². The van der Waals surface area contributed by atoms with Crippen LogP contribution in [-0.2, 0) is 18.0 Å².